The molecule has 5 rings (SSSR count). The topological polar surface area (TPSA) is 87.5 Å². The predicted octanol–water partition coefficient (Wildman–Crippen LogP) is 4.38. The lowest BCUT2D eigenvalue weighted by Gasteiger charge is -2.32. The maximum absolute atomic E-state index is 13.1. The van der Waals surface area contributed by atoms with Gasteiger partial charge in [-0.3, -0.25) is 4.79 Å². The van der Waals surface area contributed by atoms with Gasteiger partial charge in [0.2, 0.25) is 5.95 Å². The molecule has 0 bridgehead atoms. The molecule has 1 N–H and O–H groups in total. The molecule has 1 unspecified atom stereocenters. The van der Waals surface area contributed by atoms with Crippen molar-refractivity contribution in [2.45, 2.75) is 32.2 Å². The molecule has 1 aromatic heterocycles. The van der Waals surface area contributed by atoms with E-state index in [0.717, 1.165) is 41.0 Å². The average Bonchev–Trinajstić information content (AvgIpc) is 3.27. The minimum Gasteiger partial charge on any atom is -0.497 e. The van der Waals surface area contributed by atoms with Crippen LogP contribution < -0.4 is 19.5 Å². The van der Waals surface area contributed by atoms with Crippen LogP contribution in [0.1, 0.15) is 37.8 Å². The molecule has 33 heavy (non-hydrogen) atoms. The van der Waals surface area contributed by atoms with E-state index in [2.05, 4.69) is 5.32 Å². The summed E-state index contributed by atoms with van der Waals surface area (Å²) in [6.07, 6.45) is 2.14. The zero-order chi connectivity index (χ0) is 22.9. The van der Waals surface area contributed by atoms with Crippen LogP contribution in [0.4, 0.5) is 5.95 Å². The first-order valence-corrected chi connectivity index (χ1v) is 11.1. The quantitative estimate of drug-likeness (QED) is 0.601. The van der Waals surface area contributed by atoms with Crippen molar-refractivity contribution in [2.75, 3.05) is 26.1 Å². The molecule has 1 atom stereocenters. The fourth-order valence-corrected chi connectivity index (χ4v) is 4.48. The van der Waals surface area contributed by atoms with Gasteiger partial charge in [0.1, 0.15) is 11.8 Å². The number of anilines is 1. The standard InChI is InChI=1S/C25H26N4O4/c1-4-33-20-12-11-15(14-21(20)32-3)23-22-18(9-6-10-19(22)30)26-25-27-24(28-29(23)25)16-7-5-8-17(13-16)31-2/h5,7-8,11-14,23H,4,6,9-10H2,1-3H3,(H,26,27,28). The molecular formula is C25H26N4O4. The smallest absolute Gasteiger partial charge is 0.226 e. The lowest BCUT2D eigenvalue weighted by atomic mass is 9.85. The molecule has 0 saturated carbocycles. The molecule has 1 aliphatic heterocycles. The molecule has 0 spiro atoms. The number of benzene rings is 2. The van der Waals surface area contributed by atoms with Crippen molar-refractivity contribution in [3.8, 4) is 28.6 Å². The molecule has 1 aliphatic carbocycles. The largest absolute Gasteiger partial charge is 0.497 e. The third-order valence-corrected chi connectivity index (χ3v) is 6.00. The fraction of sp³-hybridized carbons (Fsp3) is 0.320. The second-order valence-electron chi connectivity index (χ2n) is 7.98. The Kier molecular flexibility index (Phi) is 5.50. The number of ether oxygens (including phenoxy) is 3. The molecule has 0 amide bonds. The number of aromatic nitrogens is 3. The highest BCUT2D eigenvalue weighted by atomic mass is 16.5. The summed E-state index contributed by atoms with van der Waals surface area (Å²) in [7, 11) is 3.24. The predicted molar refractivity (Wildman–Crippen MR) is 124 cm³/mol. The number of carbonyl (C=O) groups excluding carboxylic acids is 1. The molecule has 0 fully saturated rings. The van der Waals surface area contributed by atoms with Gasteiger partial charge in [0.15, 0.2) is 23.1 Å². The number of rotatable bonds is 6. The van der Waals surface area contributed by atoms with Gasteiger partial charge in [0.25, 0.3) is 0 Å². The Balaban J connectivity index is 1.65. The van der Waals surface area contributed by atoms with E-state index in [1.54, 1.807) is 18.9 Å². The van der Waals surface area contributed by atoms with Crippen molar-refractivity contribution < 1.29 is 19.0 Å². The van der Waals surface area contributed by atoms with E-state index in [4.69, 9.17) is 24.3 Å². The summed E-state index contributed by atoms with van der Waals surface area (Å²) in [4.78, 5) is 17.8. The van der Waals surface area contributed by atoms with E-state index in [1.807, 2.05) is 49.4 Å². The molecule has 2 aromatic carbocycles. The molecule has 3 aromatic rings. The Bertz CT molecular complexity index is 1250. The average molecular weight is 447 g/mol. The summed E-state index contributed by atoms with van der Waals surface area (Å²) < 4.78 is 18.4. The summed E-state index contributed by atoms with van der Waals surface area (Å²) in [5.41, 5.74) is 3.39. The zero-order valence-corrected chi connectivity index (χ0v) is 18.9. The second-order valence-corrected chi connectivity index (χ2v) is 7.98. The van der Waals surface area contributed by atoms with Gasteiger partial charge in [-0.1, -0.05) is 18.2 Å². The van der Waals surface area contributed by atoms with E-state index in [0.29, 0.717) is 36.3 Å². The Labute approximate surface area is 192 Å². The van der Waals surface area contributed by atoms with Crippen molar-refractivity contribution in [1.29, 1.82) is 0 Å². The number of methoxy groups -OCH3 is 2. The van der Waals surface area contributed by atoms with Crippen LogP contribution in [0.15, 0.2) is 53.7 Å². The van der Waals surface area contributed by atoms with Crippen LogP contribution in [-0.2, 0) is 4.79 Å². The second kappa shape index (κ2) is 8.61. The lowest BCUT2D eigenvalue weighted by molar-refractivity contribution is -0.116. The molecule has 8 nitrogen and oxygen atoms in total. The Morgan fingerprint density at radius 1 is 1.09 bits per heavy atom. The molecule has 8 heteroatoms. The number of hydrogen-bond donors (Lipinski definition) is 1. The van der Waals surface area contributed by atoms with Crippen LogP contribution in [0, 0.1) is 0 Å². The van der Waals surface area contributed by atoms with E-state index in [-0.39, 0.29) is 5.78 Å². The SMILES string of the molecule is CCOc1ccc(C2C3=C(CCCC3=O)Nc3nc(-c4cccc(OC)c4)nn32)cc1OC. The Morgan fingerprint density at radius 3 is 2.76 bits per heavy atom. The number of ketones is 1. The summed E-state index contributed by atoms with van der Waals surface area (Å²) in [5.74, 6) is 3.32. The maximum Gasteiger partial charge on any atom is 0.226 e. The van der Waals surface area contributed by atoms with E-state index in [9.17, 15) is 4.79 Å². The highest BCUT2D eigenvalue weighted by molar-refractivity contribution is 5.99. The van der Waals surface area contributed by atoms with E-state index < -0.39 is 6.04 Å². The highest BCUT2D eigenvalue weighted by Gasteiger charge is 2.37. The maximum atomic E-state index is 13.1. The van der Waals surface area contributed by atoms with Gasteiger partial charge in [0.05, 0.1) is 20.8 Å². The number of carbonyl (C=O) groups is 1. The first kappa shape index (κ1) is 21.1. The molecule has 2 heterocycles. The third-order valence-electron chi connectivity index (χ3n) is 6.00. The number of Topliss-reactive ketones (excluding diaryl/α,β-unsaturated/α-hetero) is 1. The Hall–Kier alpha value is -3.81. The molecule has 0 saturated heterocycles. The molecular weight excluding hydrogens is 420 g/mol. The van der Waals surface area contributed by atoms with Crippen LogP contribution >= 0.6 is 0 Å². The number of hydrogen-bond acceptors (Lipinski definition) is 7. The van der Waals surface area contributed by atoms with Crippen LogP contribution in [0.3, 0.4) is 0 Å². The monoisotopic (exact) mass is 446 g/mol. The van der Waals surface area contributed by atoms with Crippen LogP contribution in [-0.4, -0.2) is 41.4 Å². The van der Waals surface area contributed by atoms with Crippen LogP contribution in [0.25, 0.3) is 11.4 Å². The van der Waals surface area contributed by atoms with E-state index in [1.165, 1.54) is 0 Å². The van der Waals surface area contributed by atoms with Crippen molar-refractivity contribution in [3.63, 3.8) is 0 Å². The number of nitrogens with zero attached hydrogens (tertiary/aromatic N) is 3. The number of nitrogens with one attached hydrogen (secondary N) is 1. The van der Waals surface area contributed by atoms with Gasteiger partial charge in [-0.15, -0.1) is 5.10 Å². The summed E-state index contributed by atoms with van der Waals surface area (Å²) in [5, 5.41) is 8.19. The normalized spacial score (nSPS) is 17.2. The molecule has 170 valence electrons. The van der Waals surface area contributed by atoms with Gasteiger partial charge < -0.3 is 19.5 Å². The number of fused-ring (bicyclic) bond motifs is 1. The minimum absolute atomic E-state index is 0.130. The van der Waals surface area contributed by atoms with Crippen LogP contribution in [0.2, 0.25) is 0 Å². The van der Waals surface area contributed by atoms with Gasteiger partial charge in [0, 0.05) is 23.3 Å². The van der Waals surface area contributed by atoms with Gasteiger partial charge in [-0.25, -0.2) is 4.68 Å². The summed E-state index contributed by atoms with van der Waals surface area (Å²) in [6, 6.07) is 13.0. The van der Waals surface area contributed by atoms with Crippen LogP contribution in [0.5, 0.6) is 17.2 Å². The van der Waals surface area contributed by atoms with Gasteiger partial charge in [-0.05, 0) is 49.6 Å². The molecule has 2 aliphatic rings. The highest BCUT2D eigenvalue weighted by Crippen LogP contribution is 2.42. The zero-order valence-electron chi connectivity index (χ0n) is 18.9. The van der Waals surface area contributed by atoms with Crippen molar-refractivity contribution in [2.24, 2.45) is 0 Å². The van der Waals surface area contributed by atoms with Gasteiger partial charge >= 0.3 is 0 Å². The first-order chi connectivity index (χ1) is 16.1. The lowest BCUT2D eigenvalue weighted by Crippen LogP contribution is -2.31. The Morgan fingerprint density at radius 2 is 1.97 bits per heavy atom. The van der Waals surface area contributed by atoms with Crippen molar-refractivity contribution in [1.82, 2.24) is 14.8 Å². The number of allylic oxidation sites excluding steroid dienone is 2. The summed E-state index contributed by atoms with van der Waals surface area (Å²) in [6.45, 7) is 2.47. The van der Waals surface area contributed by atoms with Crippen molar-refractivity contribution in [3.05, 3.63) is 59.3 Å². The summed E-state index contributed by atoms with van der Waals surface area (Å²) >= 11 is 0. The minimum atomic E-state index is -0.402. The molecule has 0 radical (unpaired) electrons. The van der Waals surface area contributed by atoms with E-state index >= 15 is 0 Å². The van der Waals surface area contributed by atoms with Gasteiger partial charge in [-0.2, -0.15) is 4.98 Å². The van der Waals surface area contributed by atoms with Crippen molar-refractivity contribution >= 4 is 11.7 Å². The first-order valence-electron chi connectivity index (χ1n) is 11.1. The fourth-order valence-electron chi connectivity index (χ4n) is 4.48. The third kappa shape index (κ3) is 3.71.